The van der Waals surface area contributed by atoms with Crippen LogP contribution in [0.5, 0.6) is 0 Å². The highest BCUT2D eigenvalue weighted by Crippen LogP contribution is 2.52. The lowest BCUT2D eigenvalue weighted by Crippen LogP contribution is -2.50. The quantitative estimate of drug-likeness (QED) is 0.178. The van der Waals surface area contributed by atoms with E-state index in [1.165, 1.54) is 42.2 Å². The van der Waals surface area contributed by atoms with Crippen LogP contribution in [0.2, 0.25) is 10.0 Å². The van der Waals surface area contributed by atoms with Gasteiger partial charge in [0.1, 0.15) is 17.9 Å². The molecular formula is C27H23Cl2F7N8O2S. The number of halogens is 9. The number of nitrogens with one attached hydrogen (secondary N) is 2. The van der Waals surface area contributed by atoms with Crippen LogP contribution in [0.4, 0.5) is 36.4 Å². The Hall–Kier alpha value is -3.90. The van der Waals surface area contributed by atoms with E-state index in [1.54, 1.807) is 13.8 Å². The van der Waals surface area contributed by atoms with Gasteiger partial charge >= 0.3 is 18.0 Å². The molecule has 1 atom stereocenters. The Morgan fingerprint density at radius 3 is 2.32 bits per heavy atom. The van der Waals surface area contributed by atoms with Crippen molar-refractivity contribution in [2.75, 3.05) is 17.3 Å². The highest BCUT2D eigenvalue weighted by molar-refractivity contribution is 7.98. The van der Waals surface area contributed by atoms with Gasteiger partial charge < -0.3 is 10.6 Å². The van der Waals surface area contributed by atoms with Gasteiger partial charge in [-0.3, -0.25) is 9.59 Å². The molecule has 0 aliphatic carbocycles. The molecule has 10 nitrogen and oxygen atoms in total. The molecule has 4 rings (SSSR count). The van der Waals surface area contributed by atoms with E-state index in [1.807, 2.05) is 6.26 Å². The summed E-state index contributed by atoms with van der Waals surface area (Å²) in [5, 5.41) is 16.3. The molecular weight excluding hydrogens is 704 g/mol. The van der Waals surface area contributed by atoms with Crippen LogP contribution >= 0.6 is 35.0 Å². The number of aryl methyl sites for hydroxylation is 1. The van der Waals surface area contributed by atoms with Crippen molar-refractivity contribution in [3.05, 3.63) is 81.0 Å². The second-order valence-electron chi connectivity index (χ2n) is 10.1. The van der Waals surface area contributed by atoms with E-state index in [9.17, 15) is 40.3 Å². The molecule has 0 aliphatic heterocycles. The predicted octanol–water partition coefficient (Wildman–Crippen LogP) is 6.55. The van der Waals surface area contributed by atoms with Crippen LogP contribution in [-0.2, 0) is 12.2 Å². The van der Waals surface area contributed by atoms with E-state index in [0.717, 1.165) is 10.7 Å². The molecule has 0 radical (unpaired) electrons. The van der Waals surface area contributed by atoms with Crippen molar-refractivity contribution in [1.29, 1.82) is 0 Å². The van der Waals surface area contributed by atoms with Crippen LogP contribution < -0.4 is 10.6 Å². The molecule has 0 bridgehead atoms. The van der Waals surface area contributed by atoms with Gasteiger partial charge in [-0.05, 0) is 56.0 Å². The standard InChI is InChI=1S/C27H23Cl2F7N8O2S/c1-13-7-15(28)8-17(23(45)39-14(2)12-47-3)21(13)40-24(46)19-9-16(41-44(19)22-18(29)5-4-6-37-22)11-43-38-10-20(42-43)25(30,26(31,32)33)27(34,35)36/h4-10,14H,11-12H2,1-3H3,(H,39,45)(H,40,46)/t14-/m0/s1. The minimum Gasteiger partial charge on any atom is -0.349 e. The Labute approximate surface area is 276 Å². The zero-order chi connectivity index (χ0) is 34.9. The van der Waals surface area contributed by atoms with E-state index in [-0.39, 0.29) is 50.7 Å². The van der Waals surface area contributed by atoms with Gasteiger partial charge in [-0.25, -0.2) is 14.1 Å². The van der Waals surface area contributed by atoms with Crippen molar-refractivity contribution in [3.63, 3.8) is 0 Å². The predicted molar refractivity (Wildman–Crippen MR) is 160 cm³/mol. The summed E-state index contributed by atoms with van der Waals surface area (Å²) in [6, 6.07) is 6.65. The minimum atomic E-state index is -6.39. The maximum Gasteiger partial charge on any atom is 0.437 e. The molecule has 3 heterocycles. The number of carbonyl (C=O) groups is 2. The Kier molecular flexibility index (Phi) is 10.5. The van der Waals surface area contributed by atoms with Crippen LogP contribution in [0.25, 0.3) is 5.82 Å². The van der Waals surface area contributed by atoms with Crippen molar-refractivity contribution >= 4 is 52.5 Å². The number of rotatable bonds is 10. The molecule has 0 unspecified atom stereocenters. The fourth-order valence-corrected chi connectivity index (χ4v) is 5.41. The highest BCUT2D eigenvalue weighted by Gasteiger charge is 2.75. The molecule has 0 fully saturated rings. The van der Waals surface area contributed by atoms with Crippen molar-refractivity contribution in [2.24, 2.45) is 0 Å². The Morgan fingerprint density at radius 2 is 1.70 bits per heavy atom. The van der Waals surface area contributed by atoms with Crippen LogP contribution in [0.1, 0.15) is 44.7 Å². The molecule has 47 heavy (non-hydrogen) atoms. The average molecular weight is 727 g/mol. The second kappa shape index (κ2) is 13.7. The van der Waals surface area contributed by atoms with Gasteiger partial charge in [0.25, 0.3) is 11.8 Å². The summed E-state index contributed by atoms with van der Waals surface area (Å²) < 4.78 is 94.7. The Bertz CT molecular complexity index is 1780. The van der Waals surface area contributed by atoms with Gasteiger partial charge in [0.15, 0.2) is 5.82 Å². The number of alkyl halides is 7. The topological polar surface area (TPSA) is 120 Å². The van der Waals surface area contributed by atoms with Crippen molar-refractivity contribution in [1.82, 2.24) is 35.1 Å². The largest absolute Gasteiger partial charge is 0.437 e. The summed E-state index contributed by atoms with van der Waals surface area (Å²) >= 11 is 14.0. The summed E-state index contributed by atoms with van der Waals surface area (Å²) in [5.41, 5.74) is -7.74. The van der Waals surface area contributed by atoms with Gasteiger partial charge in [-0.1, -0.05) is 23.2 Å². The number of hydrogen-bond donors (Lipinski definition) is 2. The van der Waals surface area contributed by atoms with Crippen LogP contribution in [0, 0.1) is 6.92 Å². The summed E-state index contributed by atoms with van der Waals surface area (Å²) in [6.45, 7) is 2.68. The first-order valence-electron chi connectivity index (χ1n) is 13.2. The lowest BCUT2D eigenvalue weighted by molar-refractivity contribution is -0.350. The Balaban J connectivity index is 1.74. The number of benzene rings is 1. The summed E-state index contributed by atoms with van der Waals surface area (Å²) in [4.78, 5) is 31.3. The van der Waals surface area contributed by atoms with E-state index in [0.29, 0.717) is 16.1 Å². The molecule has 0 spiro atoms. The molecule has 252 valence electrons. The third-order valence-corrected chi connectivity index (χ3v) is 7.83. The van der Waals surface area contributed by atoms with Crippen molar-refractivity contribution < 1.29 is 40.3 Å². The average Bonchev–Trinajstić information content (AvgIpc) is 3.60. The molecule has 20 heteroatoms. The number of amides is 2. The summed E-state index contributed by atoms with van der Waals surface area (Å²) in [6.07, 6.45) is -9.60. The molecule has 4 aromatic rings. The van der Waals surface area contributed by atoms with Crippen LogP contribution in [0.3, 0.4) is 0 Å². The van der Waals surface area contributed by atoms with Crippen molar-refractivity contribution in [2.45, 2.75) is 44.5 Å². The van der Waals surface area contributed by atoms with Gasteiger partial charge in [0.2, 0.25) is 0 Å². The van der Waals surface area contributed by atoms with Gasteiger partial charge in [0.05, 0.1) is 28.2 Å². The molecule has 0 saturated carbocycles. The number of hydrogen-bond acceptors (Lipinski definition) is 7. The fraction of sp³-hybridized carbons (Fsp3) is 0.333. The number of carbonyl (C=O) groups excluding carboxylic acids is 2. The Morgan fingerprint density at radius 1 is 1.02 bits per heavy atom. The molecule has 1 aromatic carbocycles. The third kappa shape index (κ3) is 7.49. The van der Waals surface area contributed by atoms with Crippen LogP contribution in [-0.4, -0.2) is 72.0 Å². The van der Waals surface area contributed by atoms with E-state index in [4.69, 9.17) is 23.2 Å². The number of nitrogens with zero attached hydrogens (tertiary/aromatic N) is 6. The highest BCUT2D eigenvalue weighted by atomic mass is 35.5. The molecule has 2 N–H and O–H groups in total. The first kappa shape index (κ1) is 35.9. The van der Waals surface area contributed by atoms with Gasteiger partial charge in [0, 0.05) is 23.0 Å². The summed E-state index contributed by atoms with van der Waals surface area (Å²) in [7, 11) is 0. The zero-order valence-electron chi connectivity index (χ0n) is 24.3. The lowest BCUT2D eigenvalue weighted by Gasteiger charge is -2.27. The molecule has 0 aliphatic rings. The van der Waals surface area contributed by atoms with E-state index < -0.39 is 42.1 Å². The van der Waals surface area contributed by atoms with Crippen LogP contribution in [0.15, 0.2) is 42.7 Å². The maximum absolute atomic E-state index is 14.5. The number of pyridine rings is 1. The lowest BCUT2D eigenvalue weighted by atomic mass is 10.0. The molecule has 0 saturated heterocycles. The second-order valence-corrected chi connectivity index (χ2v) is 11.8. The maximum atomic E-state index is 14.5. The number of thioether (sulfide) groups is 1. The monoisotopic (exact) mass is 726 g/mol. The zero-order valence-corrected chi connectivity index (χ0v) is 26.7. The van der Waals surface area contributed by atoms with E-state index >= 15 is 0 Å². The first-order chi connectivity index (χ1) is 21.9. The normalized spacial score (nSPS) is 13.0. The minimum absolute atomic E-state index is 0.00282. The van der Waals surface area contributed by atoms with Gasteiger partial charge in [-0.15, -0.1) is 0 Å². The smallest absolute Gasteiger partial charge is 0.349 e. The first-order valence-corrected chi connectivity index (χ1v) is 15.4. The molecule has 3 aromatic heterocycles. The fourth-order valence-electron chi connectivity index (χ4n) is 4.35. The third-order valence-electron chi connectivity index (χ3n) is 6.48. The van der Waals surface area contributed by atoms with Crippen molar-refractivity contribution in [3.8, 4) is 5.82 Å². The van der Waals surface area contributed by atoms with Gasteiger partial charge in [-0.2, -0.15) is 58.2 Å². The SMILES string of the molecule is CSC[C@H](C)NC(=O)c1cc(Cl)cc(C)c1NC(=O)c1cc(Cn2ncc(C(F)(C(F)(F)F)C(F)(F)F)n2)nn1-c1ncccc1Cl. The number of aromatic nitrogens is 6. The van der Waals surface area contributed by atoms with E-state index in [2.05, 4.69) is 30.9 Å². The number of anilines is 1. The molecule has 2 amide bonds. The summed E-state index contributed by atoms with van der Waals surface area (Å²) in [5.74, 6) is -0.872.